The zero-order chi connectivity index (χ0) is 32.3. The van der Waals surface area contributed by atoms with Crippen LogP contribution in [0.25, 0.3) is 55.5 Å². The van der Waals surface area contributed by atoms with E-state index in [1.165, 1.54) is 27.5 Å². The molecular weight excluding hydrogens is 583 g/mol. The van der Waals surface area contributed by atoms with Crippen molar-refractivity contribution in [1.29, 1.82) is 0 Å². The summed E-state index contributed by atoms with van der Waals surface area (Å²) >= 11 is 0. The van der Waals surface area contributed by atoms with Crippen molar-refractivity contribution in [1.82, 2.24) is 9.97 Å². The lowest BCUT2D eigenvalue weighted by Crippen LogP contribution is -2.11. The minimum Gasteiger partial charge on any atom is -0.310 e. The van der Waals surface area contributed by atoms with Gasteiger partial charge in [0.1, 0.15) is 0 Å². The Bertz CT molecular complexity index is 2360. The predicted molar refractivity (Wildman–Crippen MR) is 201 cm³/mol. The highest BCUT2D eigenvalue weighted by Gasteiger charge is 2.18. The van der Waals surface area contributed by atoms with Gasteiger partial charge in [0, 0.05) is 40.3 Å². The minimum absolute atomic E-state index is 0.933. The Balaban J connectivity index is 1.26. The fourth-order valence-electron chi connectivity index (χ4n) is 6.45. The molecule has 228 valence electrons. The predicted octanol–water partition coefficient (Wildman–Crippen LogP) is 12.1. The number of benzene rings is 6. The molecule has 3 nitrogen and oxygen atoms in total. The molecule has 6 aromatic carbocycles. The second-order valence-electron chi connectivity index (χ2n) is 12.0. The molecule has 0 spiro atoms. The number of aryl methyl sites for hydroxylation is 1. The summed E-state index contributed by atoms with van der Waals surface area (Å²) in [6.45, 7) is 2.12. The monoisotopic (exact) mass is 615 g/mol. The molecule has 0 saturated carbocycles. The van der Waals surface area contributed by atoms with Crippen LogP contribution in [-0.2, 0) is 0 Å². The number of aromatic nitrogens is 2. The molecule has 8 rings (SSSR count). The van der Waals surface area contributed by atoms with Crippen LogP contribution in [0.2, 0.25) is 0 Å². The first-order valence-corrected chi connectivity index (χ1v) is 16.2. The van der Waals surface area contributed by atoms with E-state index in [1.807, 2.05) is 18.5 Å². The number of hydrogen-bond donors (Lipinski definition) is 0. The average Bonchev–Trinajstić information content (AvgIpc) is 3.16. The van der Waals surface area contributed by atoms with E-state index < -0.39 is 0 Å². The molecule has 0 aliphatic carbocycles. The molecule has 0 saturated heterocycles. The second kappa shape index (κ2) is 12.8. The Morgan fingerprint density at radius 2 is 1.02 bits per heavy atom. The third-order valence-electron chi connectivity index (χ3n) is 8.86. The molecule has 0 amide bonds. The quantitative estimate of drug-likeness (QED) is 0.179. The summed E-state index contributed by atoms with van der Waals surface area (Å²) in [5.74, 6) is 0. The maximum absolute atomic E-state index is 4.89. The fraction of sp³-hybridized carbons (Fsp3) is 0.0222. The van der Waals surface area contributed by atoms with Crippen LogP contribution in [0, 0.1) is 6.92 Å². The number of pyridine rings is 2. The summed E-state index contributed by atoms with van der Waals surface area (Å²) in [6.07, 6.45) is 3.88. The van der Waals surface area contributed by atoms with Crippen LogP contribution >= 0.6 is 0 Å². The molecule has 0 bridgehead atoms. The topological polar surface area (TPSA) is 29.0 Å². The van der Waals surface area contributed by atoms with Gasteiger partial charge in [-0.15, -0.1) is 0 Å². The highest BCUT2D eigenvalue weighted by Crippen LogP contribution is 2.41. The standard InChI is InChI=1S/C45H33N3/c1-32-31-47-44(30-42(32)35-15-6-3-7-16-35)38-20-11-22-40(28-38)48(45-24-12-18-34-17-8-9-23-41(34)45)39-21-10-19-37(27-39)43-29-36(25-26-46-43)33-13-4-2-5-14-33/h2-31H,1H3. The summed E-state index contributed by atoms with van der Waals surface area (Å²) in [7, 11) is 0. The fourth-order valence-corrected chi connectivity index (χ4v) is 6.45. The van der Waals surface area contributed by atoms with Crippen molar-refractivity contribution in [2.24, 2.45) is 0 Å². The van der Waals surface area contributed by atoms with E-state index in [2.05, 4.69) is 176 Å². The highest BCUT2D eigenvalue weighted by atomic mass is 15.1. The van der Waals surface area contributed by atoms with E-state index in [0.29, 0.717) is 0 Å². The second-order valence-corrected chi connectivity index (χ2v) is 12.0. The molecule has 0 aliphatic rings. The van der Waals surface area contributed by atoms with Gasteiger partial charge in [0.25, 0.3) is 0 Å². The molecule has 0 unspecified atom stereocenters. The maximum Gasteiger partial charge on any atom is 0.0709 e. The van der Waals surface area contributed by atoms with Crippen molar-refractivity contribution in [3.63, 3.8) is 0 Å². The van der Waals surface area contributed by atoms with E-state index in [-0.39, 0.29) is 0 Å². The minimum atomic E-state index is 0.933. The van der Waals surface area contributed by atoms with E-state index in [1.54, 1.807) is 0 Å². The van der Waals surface area contributed by atoms with Crippen molar-refractivity contribution >= 4 is 27.8 Å². The molecule has 3 heteroatoms. The van der Waals surface area contributed by atoms with Gasteiger partial charge in [-0.1, -0.05) is 121 Å². The Morgan fingerprint density at radius 3 is 1.75 bits per heavy atom. The van der Waals surface area contributed by atoms with Crippen LogP contribution in [-0.4, -0.2) is 9.97 Å². The molecule has 0 aliphatic heterocycles. The molecule has 48 heavy (non-hydrogen) atoms. The van der Waals surface area contributed by atoms with Gasteiger partial charge in [-0.05, 0) is 88.7 Å². The normalized spacial score (nSPS) is 11.0. The zero-order valence-electron chi connectivity index (χ0n) is 26.7. The van der Waals surface area contributed by atoms with E-state index in [4.69, 9.17) is 9.97 Å². The Kier molecular flexibility index (Phi) is 7.77. The van der Waals surface area contributed by atoms with Crippen LogP contribution in [0.1, 0.15) is 5.56 Å². The van der Waals surface area contributed by atoms with Gasteiger partial charge < -0.3 is 4.90 Å². The van der Waals surface area contributed by atoms with Gasteiger partial charge in [0.15, 0.2) is 0 Å². The van der Waals surface area contributed by atoms with Gasteiger partial charge in [0.05, 0.1) is 17.1 Å². The summed E-state index contributed by atoms with van der Waals surface area (Å²) in [5, 5.41) is 2.37. The van der Waals surface area contributed by atoms with E-state index in [0.717, 1.165) is 50.7 Å². The number of hydrogen-bond acceptors (Lipinski definition) is 3. The van der Waals surface area contributed by atoms with Gasteiger partial charge in [-0.3, -0.25) is 9.97 Å². The van der Waals surface area contributed by atoms with Crippen LogP contribution in [0.4, 0.5) is 17.1 Å². The third kappa shape index (κ3) is 5.74. The Labute approximate surface area is 281 Å². The molecule has 0 atom stereocenters. The molecule has 2 aromatic heterocycles. The van der Waals surface area contributed by atoms with Crippen molar-refractivity contribution < 1.29 is 0 Å². The zero-order valence-corrected chi connectivity index (χ0v) is 26.7. The molecule has 0 N–H and O–H groups in total. The number of rotatable bonds is 7. The van der Waals surface area contributed by atoms with E-state index in [9.17, 15) is 0 Å². The van der Waals surface area contributed by atoms with Crippen LogP contribution in [0.5, 0.6) is 0 Å². The Morgan fingerprint density at radius 1 is 0.438 bits per heavy atom. The number of anilines is 3. The van der Waals surface area contributed by atoms with Crippen LogP contribution in [0.15, 0.2) is 182 Å². The van der Waals surface area contributed by atoms with Crippen molar-refractivity contribution in [3.05, 3.63) is 188 Å². The lowest BCUT2D eigenvalue weighted by atomic mass is 9.99. The third-order valence-corrected chi connectivity index (χ3v) is 8.86. The van der Waals surface area contributed by atoms with Crippen LogP contribution in [0.3, 0.4) is 0 Å². The summed E-state index contributed by atoms with van der Waals surface area (Å²) in [4.78, 5) is 12.0. The highest BCUT2D eigenvalue weighted by molar-refractivity contribution is 5.99. The van der Waals surface area contributed by atoms with Crippen molar-refractivity contribution in [2.45, 2.75) is 6.92 Å². The van der Waals surface area contributed by atoms with Crippen molar-refractivity contribution in [3.8, 4) is 44.8 Å². The number of nitrogens with zero attached hydrogens (tertiary/aromatic N) is 3. The Hall–Kier alpha value is -6.32. The van der Waals surface area contributed by atoms with Gasteiger partial charge >= 0.3 is 0 Å². The largest absolute Gasteiger partial charge is 0.310 e. The van der Waals surface area contributed by atoms with Crippen molar-refractivity contribution in [2.75, 3.05) is 4.90 Å². The lowest BCUT2D eigenvalue weighted by molar-refractivity contribution is 1.26. The molecule has 2 heterocycles. The molecule has 8 aromatic rings. The molecule has 0 radical (unpaired) electrons. The average molecular weight is 616 g/mol. The molecule has 0 fully saturated rings. The first-order valence-electron chi connectivity index (χ1n) is 16.2. The molecular formula is C45H33N3. The summed E-state index contributed by atoms with van der Waals surface area (Å²) in [5.41, 5.74) is 13.0. The van der Waals surface area contributed by atoms with E-state index >= 15 is 0 Å². The maximum atomic E-state index is 4.89. The first kappa shape index (κ1) is 29.1. The van der Waals surface area contributed by atoms with Gasteiger partial charge in [0.2, 0.25) is 0 Å². The van der Waals surface area contributed by atoms with Crippen LogP contribution < -0.4 is 4.90 Å². The summed E-state index contributed by atoms with van der Waals surface area (Å²) in [6, 6.07) is 59.9. The first-order chi connectivity index (χ1) is 23.7. The SMILES string of the molecule is Cc1cnc(-c2cccc(N(c3cccc(-c4cc(-c5ccccc5)ccn4)c3)c3cccc4ccccc34)c2)cc1-c1ccccc1. The van der Waals surface area contributed by atoms with Gasteiger partial charge in [-0.2, -0.15) is 0 Å². The lowest BCUT2D eigenvalue weighted by Gasteiger charge is -2.27. The smallest absolute Gasteiger partial charge is 0.0709 e. The van der Waals surface area contributed by atoms with Gasteiger partial charge in [-0.25, -0.2) is 0 Å². The summed E-state index contributed by atoms with van der Waals surface area (Å²) < 4.78 is 0. The number of fused-ring (bicyclic) bond motifs is 1.